The van der Waals surface area contributed by atoms with Crippen LogP contribution < -0.4 is 0 Å². The Morgan fingerprint density at radius 3 is 2.92 bits per heavy atom. The summed E-state index contributed by atoms with van der Waals surface area (Å²) in [7, 11) is 0. The molecule has 0 bridgehead atoms. The zero-order valence-electron chi connectivity index (χ0n) is 7.24. The monoisotopic (exact) mass is 182 g/mol. The van der Waals surface area contributed by atoms with E-state index >= 15 is 0 Å². The molecule has 0 atom stereocenters. The van der Waals surface area contributed by atoms with E-state index in [2.05, 4.69) is 14.9 Å². The molecule has 0 spiro atoms. The highest BCUT2D eigenvalue weighted by molar-refractivity contribution is 6.04. The Hall–Kier alpha value is -1.65. The molecule has 0 saturated carbocycles. The fourth-order valence-electron chi connectivity index (χ4n) is 0.849. The number of nitrogens with one attached hydrogen (secondary N) is 1. The number of carbonyl (C=O) groups is 2. The van der Waals surface area contributed by atoms with Crippen LogP contribution in [0.3, 0.4) is 0 Å². The largest absolute Gasteiger partial charge is 0.466 e. The van der Waals surface area contributed by atoms with E-state index in [9.17, 15) is 9.59 Å². The molecule has 0 fully saturated rings. The van der Waals surface area contributed by atoms with Gasteiger partial charge in [0.25, 0.3) is 0 Å². The second kappa shape index (κ2) is 4.39. The van der Waals surface area contributed by atoms with E-state index in [0.717, 1.165) is 0 Å². The topological polar surface area (TPSA) is 72.1 Å². The number of hydrogen-bond acceptors (Lipinski definition) is 4. The molecule has 0 aliphatic heterocycles. The number of ketones is 1. The van der Waals surface area contributed by atoms with Crippen LogP contribution in [0.15, 0.2) is 12.3 Å². The first-order valence-corrected chi connectivity index (χ1v) is 3.92. The number of aromatic amines is 1. The van der Waals surface area contributed by atoms with E-state index in [1.807, 2.05) is 0 Å². The van der Waals surface area contributed by atoms with E-state index in [4.69, 9.17) is 0 Å². The molecule has 70 valence electrons. The Balaban J connectivity index is 2.47. The van der Waals surface area contributed by atoms with Gasteiger partial charge in [0.1, 0.15) is 12.1 Å². The van der Waals surface area contributed by atoms with Crippen LogP contribution >= 0.6 is 0 Å². The van der Waals surface area contributed by atoms with Crippen molar-refractivity contribution in [1.29, 1.82) is 0 Å². The molecule has 0 amide bonds. The highest BCUT2D eigenvalue weighted by Gasteiger charge is 2.13. The Bertz CT molecular complexity index is 292. The molecule has 1 aromatic rings. The zero-order valence-corrected chi connectivity index (χ0v) is 7.24. The van der Waals surface area contributed by atoms with Gasteiger partial charge in [-0.1, -0.05) is 0 Å². The van der Waals surface area contributed by atoms with Crippen LogP contribution in [-0.2, 0) is 9.53 Å². The van der Waals surface area contributed by atoms with Gasteiger partial charge in [-0.2, -0.15) is 5.10 Å². The van der Waals surface area contributed by atoms with Crippen molar-refractivity contribution in [2.75, 3.05) is 6.61 Å². The van der Waals surface area contributed by atoms with Gasteiger partial charge in [0.2, 0.25) is 0 Å². The van der Waals surface area contributed by atoms with Gasteiger partial charge in [-0.25, -0.2) is 0 Å². The molecule has 1 heterocycles. The number of ether oxygens (including phenoxy) is 1. The molecule has 0 aromatic carbocycles. The van der Waals surface area contributed by atoms with Crippen LogP contribution in [0, 0.1) is 0 Å². The van der Waals surface area contributed by atoms with Gasteiger partial charge in [-0.3, -0.25) is 14.7 Å². The highest BCUT2D eigenvalue weighted by Crippen LogP contribution is 1.99. The number of H-pyrrole nitrogens is 1. The summed E-state index contributed by atoms with van der Waals surface area (Å²) >= 11 is 0. The molecule has 0 radical (unpaired) electrons. The first-order chi connectivity index (χ1) is 6.24. The quantitative estimate of drug-likeness (QED) is 0.419. The van der Waals surface area contributed by atoms with Gasteiger partial charge in [-0.15, -0.1) is 0 Å². The van der Waals surface area contributed by atoms with Gasteiger partial charge in [0.05, 0.1) is 6.61 Å². The van der Waals surface area contributed by atoms with Crippen LogP contribution in [0.25, 0.3) is 0 Å². The standard InChI is InChI=1S/C8H10N2O3/c1-2-13-8(12)5-7(11)6-3-4-9-10-6/h3-4H,2,5H2,1H3,(H,9,10). The lowest BCUT2D eigenvalue weighted by Crippen LogP contribution is -2.11. The van der Waals surface area contributed by atoms with Gasteiger partial charge < -0.3 is 4.74 Å². The average Bonchev–Trinajstić information content (AvgIpc) is 2.55. The van der Waals surface area contributed by atoms with Crippen molar-refractivity contribution in [2.24, 2.45) is 0 Å². The van der Waals surface area contributed by atoms with Crippen molar-refractivity contribution in [3.63, 3.8) is 0 Å². The second-order valence-electron chi connectivity index (χ2n) is 2.36. The van der Waals surface area contributed by atoms with Crippen molar-refractivity contribution >= 4 is 11.8 Å². The third-order valence-corrected chi connectivity index (χ3v) is 1.40. The molecule has 0 aliphatic rings. The molecule has 1 aromatic heterocycles. The number of nitrogens with zero attached hydrogens (tertiary/aromatic N) is 1. The summed E-state index contributed by atoms with van der Waals surface area (Å²) in [6.07, 6.45) is 1.27. The smallest absolute Gasteiger partial charge is 0.313 e. The molecular weight excluding hydrogens is 172 g/mol. The Labute approximate surface area is 75.1 Å². The predicted molar refractivity (Wildman–Crippen MR) is 44.2 cm³/mol. The number of rotatable bonds is 4. The van der Waals surface area contributed by atoms with Crippen LogP contribution in [0.1, 0.15) is 23.8 Å². The lowest BCUT2D eigenvalue weighted by atomic mass is 10.2. The van der Waals surface area contributed by atoms with Crippen molar-refractivity contribution in [3.8, 4) is 0 Å². The maximum Gasteiger partial charge on any atom is 0.313 e. The van der Waals surface area contributed by atoms with Crippen LogP contribution in [-0.4, -0.2) is 28.6 Å². The lowest BCUT2D eigenvalue weighted by molar-refractivity contribution is -0.141. The number of esters is 1. The minimum Gasteiger partial charge on any atom is -0.466 e. The van der Waals surface area contributed by atoms with Gasteiger partial charge in [-0.05, 0) is 13.0 Å². The van der Waals surface area contributed by atoms with Crippen molar-refractivity contribution < 1.29 is 14.3 Å². The fourth-order valence-corrected chi connectivity index (χ4v) is 0.849. The minimum absolute atomic E-state index is 0.251. The summed E-state index contributed by atoms with van der Waals surface area (Å²) in [4.78, 5) is 22.1. The average molecular weight is 182 g/mol. The first kappa shape index (κ1) is 9.44. The minimum atomic E-state index is -0.518. The Kier molecular flexibility index (Phi) is 3.19. The normalized spacial score (nSPS) is 9.62. The maximum atomic E-state index is 11.2. The molecule has 5 heteroatoms. The van der Waals surface area contributed by atoms with Crippen molar-refractivity contribution in [2.45, 2.75) is 13.3 Å². The van der Waals surface area contributed by atoms with Crippen molar-refractivity contribution in [1.82, 2.24) is 10.2 Å². The van der Waals surface area contributed by atoms with Crippen LogP contribution in [0.4, 0.5) is 0 Å². The number of Topliss-reactive ketones (excluding diaryl/α,β-unsaturated/α-hetero) is 1. The first-order valence-electron chi connectivity index (χ1n) is 3.92. The van der Waals surface area contributed by atoms with E-state index < -0.39 is 5.97 Å². The maximum absolute atomic E-state index is 11.2. The van der Waals surface area contributed by atoms with E-state index in [1.165, 1.54) is 12.3 Å². The number of hydrogen-bond donors (Lipinski definition) is 1. The predicted octanol–water partition coefficient (Wildman–Crippen LogP) is 0.546. The van der Waals surface area contributed by atoms with Crippen LogP contribution in [0.2, 0.25) is 0 Å². The zero-order chi connectivity index (χ0) is 9.68. The summed E-state index contributed by atoms with van der Waals surface area (Å²) in [6, 6.07) is 1.52. The third-order valence-electron chi connectivity index (χ3n) is 1.40. The van der Waals surface area contributed by atoms with Gasteiger partial charge in [0, 0.05) is 6.20 Å². The summed E-state index contributed by atoms with van der Waals surface area (Å²) < 4.78 is 4.61. The van der Waals surface area contributed by atoms with Gasteiger partial charge in [0.15, 0.2) is 5.78 Å². The second-order valence-corrected chi connectivity index (χ2v) is 2.36. The van der Waals surface area contributed by atoms with Crippen LogP contribution in [0.5, 0.6) is 0 Å². The molecule has 0 aliphatic carbocycles. The molecule has 1 N–H and O–H groups in total. The number of aromatic nitrogens is 2. The molecule has 13 heavy (non-hydrogen) atoms. The summed E-state index contributed by atoms with van der Waals surface area (Å²) in [5.41, 5.74) is 0.257. The van der Waals surface area contributed by atoms with Gasteiger partial charge >= 0.3 is 5.97 Å². The highest BCUT2D eigenvalue weighted by atomic mass is 16.5. The third kappa shape index (κ3) is 2.70. The number of carbonyl (C=O) groups excluding carboxylic acids is 2. The van der Waals surface area contributed by atoms with E-state index in [0.29, 0.717) is 0 Å². The summed E-state index contributed by atoms with van der Waals surface area (Å²) in [6.45, 7) is 1.98. The summed E-state index contributed by atoms with van der Waals surface area (Å²) in [5, 5.41) is 6.14. The molecule has 0 saturated heterocycles. The fraction of sp³-hybridized carbons (Fsp3) is 0.375. The van der Waals surface area contributed by atoms with E-state index in [1.54, 1.807) is 6.92 Å². The molecule has 0 unspecified atom stereocenters. The SMILES string of the molecule is CCOC(=O)CC(=O)c1cc[nH]n1. The Morgan fingerprint density at radius 2 is 2.38 bits per heavy atom. The molecule has 5 nitrogen and oxygen atoms in total. The van der Waals surface area contributed by atoms with E-state index in [-0.39, 0.29) is 24.5 Å². The summed E-state index contributed by atoms with van der Waals surface area (Å²) in [5.74, 6) is -0.852. The molecule has 1 rings (SSSR count). The Morgan fingerprint density at radius 1 is 1.62 bits per heavy atom. The lowest BCUT2D eigenvalue weighted by Gasteiger charge is -1.98. The molecular formula is C8H10N2O3. The van der Waals surface area contributed by atoms with Crippen molar-refractivity contribution in [3.05, 3.63) is 18.0 Å².